The van der Waals surface area contributed by atoms with Crippen molar-refractivity contribution in [3.63, 3.8) is 0 Å². The van der Waals surface area contributed by atoms with Gasteiger partial charge in [0.25, 0.3) is 11.8 Å². The molecule has 1 aliphatic rings. The Morgan fingerprint density at radius 3 is 2.87 bits per heavy atom. The second-order valence-corrected chi connectivity index (χ2v) is 7.98. The van der Waals surface area contributed by atoms with Crippen LogP contribution in [0.1, 0.15) is 23.2 Å². The van der Waals surface area contributed by atoms with E-state index in [4.69, 9.17) is 11.6 Å². The van der Waals surface area contributed by atoms with Crippen molar-refractivity contribution < 1.29 is 13.6 Å². The lowest BCUT2D eigenvalue weighted by Gasteiger charge is -2.32. The van der Waals surface area contributed by atoms with Crippen LogP contribution in [0.15, 0.2) is 49.1 Å². The van der Waals surface area contributed by atoms with Gasteiger partial charge in [-0.15, -0.1) is 10.2 Å². The third kappa shape index (κ3) is 3.76. The normalized spacial score (nSPS) is 16.0. The number of likely N-dealkylation sites (tertiary alicyclic amines) is 1. The Hall–Kier alpha value is -3.33. The number of carbonyl (C=O) groups excluding carboxylic acids is 1. The molecule has 0 atom stereocenters. The molecule has 7 nitrogen and oxygen atoms in total. The number of nitrogens with zero attached hydrogens (tertiary/aromatic N) is 5. The maximum absolute atomic E-state index is 13.7. The first-order valence-corrected chi connectivity index (χ1v) is 10.1. The van der Waals surface area contributed by atoms with Gasteiger partial charge in [0.2, 0.25) is 0 Å². The molecule has 3 aromatic heterocycles. The van der Waals surface area contributed by atoms with Crippen molar-refractivity contribution in [2.24, 2.45) is 0 Å². The van der Waals surface area contributed by atoms with Crippen LogP contribution in [0.5, 0.6) is 0 Å². The number of alkyl halides is 2. The van der Waals surface area contributed by atoms with E-state index in [1.54, 1.807) is 18.2 Å². The van der Waals surface area contributed by atoms with Gasteiger partial charge in [-0.3, -0.25) is 4.79 Å². The van der Waals surface area contributed by atoms with E-state index in [2.05, 4.69) is 20.2 Å². The standard InChI is InChI=1S/C21H17ClF2N6O/c22-16-7-14(18-26-12-27-28-18)8-17(9-16)30-5-2-13-6-15(10-25-19(13)30)20(31)29-4-1-3-21(23,24)11-29/h2,5-10,12H,1,3-4,11H2,(H,26,27,28). The first kappa shape index (κ1) is 19.6. The van der Waals surface area contributed by atoms with Crippen LogP contribution in [-0.2, 0) is 0 Å². The summed E-state index contributed by atoms with van der Waals surface area (Å²) in [7, 11) is 0. The summed E-state index contributed by atoms with van der Waals surface area (Å²) in [6.07, 6.45) is 4.82. The molecule has 4 heterocycles. The van der Waals surface area contributed by atoms with Crippen molar-refractivity contribution >= 4 is 28.5 Å². The Labute approximate surface area is 180 Å². The van der Waals surface area contributed by atoms with Gasteiger partial charge in [0, 0.05) is 47.0 Å². The molecule has 0 saturated carbocycles. The largest absolute Gasteiger partial charge is 0.333 e. The summed E-state index contributed by atoms with van der Waals surface area (Å²) >= 11 is 6.30. The average Bonchev–Trinajstić information content (AvgIpc) is 3.41. The summed E-state index contributed by atoms with van der Waals surface area (Å²) in [5, 5.41) is 9.04. The van der Waals surface area contributed by atoms with Gasteiger partial charge in [0.15, 0.2) is 5.82 Å². The zero-order valence-electron chi connectivity index (χ0n) is 16.2. The molecule has 10 heteroatoms. The highest BCUT2D eigenvalue weighted by Crippen LogP contribution is 2.29. The molecule has 31 heavy (non-hydrogen) atoms. The van der Waals surface area contributed by atoms with E-state index in [0.717, 1.165) is 16.6 Å². The number of carbonyl (C=O) groups is 1. The molecular weight excluding hydrogens is 426 g/mol. The van der Waals surface area contributed by atoms with Crippen molar-refractivity contribution in [1.82, 2.24) is 29.6 Å². The van der Waals surface area contributed by atoms with E-state index in [-0.39, 0.29) is 18.4 Å². The highest BCUT2D eigenvalue weighted by Gasteiger charge is 2.37. The number of benzene rings is 1. The van der Waals surface area contributed by atoms with Crippen molar-refractivity contribution in [2.45, 2.75) is 18.8 Å². The Kier molecular flexibility index (Phi) is 4.70. The molecule has 1 amide bonds. The number of hydrogen-bond donors (Lipinski definition) is 1. The summed E-state index contributed by atoms with van der Waals surface area (Å²) in [5.41, 5.74) is 2.43. The van der Waals surface area contributed by atoms with Gasteiger partial charge in [-0.25, -0.2) is 13.8 Å². The third-order valence-corrected chi connectivity index (χ3v) is 5.52. The summed E-state index contributed by atoms with van der Waals surface area (Å²) in [5.74, 6) is -2.70. The molecule has 1 saturated heterocycles. The molecular formula is C21H17ClF2N6O. The molecule has 1 N–H and O–H groups in total. The summed E-state index contributed by atoms with van der Waals surface area (Å²) in [6, 6.07) is 8.95. The molecule has 0 radical (unpaired) electrons. The Morgan fingerprint density at radius 1 is 1.23 bits per heavy atom. The minimum atomic E-state index is -2.84. The molecule has 1 aromatic carbocycles. The summed E-state index contributed by atoms with van der Waals surface area (Å²) in [4.78, 5) is 21.3. The SMILES string of the molecule is O=C(c1cnc2c(ccn2-c2cc(Cl)cc(-c3nnc[nH]3)c2)c1)N1CCCC(F)(F)C1. The van der Waals surface area contributed by atoms with Crippen molar-refractivity contribution in [3.8, 4) is 17.1 Å². The number of rotatable bonds is 3. The number of fused-ring (bicyclic) bond motifs is 1. The second kappa shape index (κ2) is 7.42. The highest BCUT2D eigenvalue weighted by molar-refractivity contribution is 6.31. The first-order valence-electron chi connectivity index (χ1n) is 9.71. The van der Waals surface area contributed by atoms with E-state index in [1.807, 2.05) is 22.9 Å². The van der Waals surface area contributed by atoms with Gasteiger partial charge in [-0.2, -0.15) is 0 Å². The predicted octanol–water partition coefficient (Wildman–Crippen LogP) is 4.34. The maximum atomic E-state index is 13.7. The fraction of sp³-hybridized carbons (Fsp3) is 0.238. The Morgan fingerprint density at radius 2 is 2.10 bits per heavy atom. The van der Waals surface area contributed by atoms with Crippen LogP contribution >= 0.6 is 11.6 Å². The van der Waals surface area contributed by atoms with Gasteiger partial charge in [-0.05, 0) is 36.8 Å². The number of aromatic nitrogens is 5. The van der Waals surface area contributed by atoms with Crippen LogP contribution in [0.3, 0.4) is 0 Å². The number of piperidine rings is 1. The number of aromatic amines is 1. The number of pyridine rings is 1. The third-order valence-electron chi connectivity index (χ3n) is 5.30. The van der Waals surface area contributed by atoms with E-state index in [0.29, 0.717) is 23.0 Å². The molecule has 0 aliphatic carbocycles. The molecule has 1 aliphatic heterocycles. The number of amides is 1. The molecule has 158 valence electrons. The van der Waals surface area contributed by atoms with Crippen LogP contribution in [-0.4, -0.2) is 54.6 Å². The fourth-order valence-corrected chi connectivity index (χ4v) is 4.10. The zero-order chi connectivity index (χ0) is 21.6. The second-order valence-electron chi connectivity index (χ2n) is 7.54. The maximum Gasteiger partial charge on any atom is 0.265 e. The van der Waals surface area contributed by atoms with Gasteiger partial charge in [-0.1, -0.05) is 11.6 Å². The van der Waals surface area contributed by atoms with Crippen LogP contribution in [0.2, 0.25) is 5.02 Å². The summed E-state index contributed by atoms with van der Waals surface area (Å²) < 4.78 is 29.3. The minimum absolute atomic E-state index is 0.188. The van der Waals surface area contributed by atoms with E-state index in [9.17, 15) is 13.6 Å². The topological polar surface area (TPSA) is 79.7 Å². The van der Waals surface area contributed by atoms with Crippen LogP contribution in [0, 0.1) is 0 Å². The molecule has 0 bridgehead atoms. The highest BCUT2D eigenvalue weighted by atomic mass is 35.5. The van der Waals surface area contributed by atoms with E-state index >= 15 is 0 Å². The zero-order valence-corrected chi connectivity index (χ0v) is 17.0. The fourth-order valence-electron chi connectivity index (χ4n) is 3.87. The van der Waals surface area contributed by atoms with Crippen LogP contribution < -0.4 is 0 Å². The Bertz CT molecular complexity index is 1270. The first-order chi connectivity index (χ1) is 14.9. The Balaban J connectivity index is 1.49. The smallest absolute Gasteiger partial charge is 0.265 e. The predicted molar refractivity (Wildman–Crippen MR) is 112 cm³/mol. The van der Waals surface area contributed by atoms with Gasteiger partial charge < -0.3 is 14.5 Å². The lowest BCUT2D eigenvalue weighted by atomic mass is 10.1. The average molecular weight is 443 g/mol. The van der Waals surface area contributed by atoms with Gasteiger partial charge in [0.05, 0.1) is 12.1 Å². The van der Waals surface area contributed by atoms with Crippen molar-refractivity contribution in [3.05, 3.63) is 59.6 Å². The molecule has 1 fully saturated rings. The van der Waals surface area contributed by atoms with E-state index in [1.165, 1.54) is 17.4 Å². The van der Waals surface area contributed by atoms with Gasteiger partial charge in [0.1, 0.15) is 12.0 Å². The van der Waals surface area contributed by atoms with Crippen molar-refractivity contribution in [2.75, 3.05) is 13.1 Å². The molecule has 0 unspecified atom stereocenters. The molecule has 0 spiro atoms. The van der Waals surface area contributed by atoms with E-state index < -0.39 is 18.4 Å². The molecule has 4 aromatic rings. The minimum Gasteiger partial charge on any atom is -0.333 e. The quantitative estimate of drug-likeness (QED) is 0.512. The number of H-pyrrole nitrogens is 1. The number of halogens is 3. The summed E-state index contributed by atoms with van der Waals surface area (Å²) in [6.45, 7) is -0.238. The van der Waals surface area contributed by atoms with Crippen LogP contribution in [0.4, 0.5) is 8.78 Å². The monoisotopic (exact) mass is 442 g/mol. The molecule has 5 rings (SSSR count). The van der Waals surface area contributed by atoms with Crippen molar-refractivity contribution in [1.29, 1.82) is 0 Å². The number of hydrogen-bond acceptors (Lipinski definition) is 4. The van der Waals surface area contributed by atoms with Crippen LogP contribution in [0.25, 0.3) is 28.1 Å². The van der Waals surface area contributed by atoms with Gasteiger partial charge >= 0.3 is 0 Å². The number of nitrogens with one attached hydrogen (secondary N) is 1. The lowest BCUT2D eigenvalue weighted by Crippen LogP contribution is -2.45. The lowest BCUT2D eigenvalue weighted by molar-refractivity contribution is -0.0560.